The van der Waals surface area contributed by atoms with E-state index in [1.165, 1.54) is 38.9 Å². The van der Waals surface area contributed by atoms with Crippen LogP contribution in [0, 0.1) is 0 Å². The second-order valence-corrected chi connectivity index (χ2v) is 6.03. The predicted octanol–water partition coefficient (Wildman–Crippen LogP) is 6.78. The standard InChI is InChI=1S/C9H17N.C8H15N.3C2H6/c1-9(2)10-7-5-3-4-6-8-10;1-8(2)9-6-4-3-5-7-9;3*1-2/h3-4,9H,5-8H2,1-2H3;3-4,8H,5-7H2,1-2H3;3*1-2H3. The highest BCUT2D eigenvalue weighted by Crippen LogP contribution is 2.06. The first-order valence-corrected chi connectivity index (χ1v) is 10.9. The Balaban J connectivity index is -0.000000299. The Kier molecular flexibility index (Phi) is 27.3. The molecular formula is C23H50N2. The zero-order valence-electron chi connectivity index (χ0n) is 19.3. The van der Waals surface area contributed by atoms with E-state index in [1.807, 2.05) is 41.5 Å². The second kappa shape index (κ2) is 23.4. The number of hydrogen-bond donors (Lipinski definition) is 0. The average molecular weight is 355 g/mol. The maximum atomic E-state index is 2.53. The van der Waals surface area contributed by atoms with Gasteiger partial charge in [0.2, 0.25) is 0 Å². The molecule has 0 spiro atoms. The van der Waals surface area contributed by atoms with E-state index in [9.17, 15) is 0 Å². The van der Waals surface area contributed by atoms with Gasteiger partial charge in [0.25, 0.3) is 0 Å². The van der Waals surface area contributed by atoms with Crippen molar-refractivity contribution in [2.24, 2.45) is 0 Å². The third kappa shape index (κ3) is 18.0. The van der Waals surface area contributed by atoms with E-state index in [0.717, 1.165) is 18.6 Å². The van der Waals surface area contributed by atoms with Crippen molar-refractivity contribution < 1.29 is 0 Å². The number of rotatable bonds is 2. The minimum Gasteiger partial charge on any atom is -0.300 e. The van der Waals surface area contributed by atoms with Gasteiger partial charge >= 0.3 is 0 Å². The van der Waals surface area contributed by atoms with Gasteiger partial charge in [-0.05, 0) is 47.0 Å². The third-order valence-corrected chi connectivity index (χ3v) is 3.88. The molecule has 0 saturated heterocycles. The molecule has 0 aromatic rings. The van der Waals surface area contributed by atoms with Crippen molar-refractivity contribution in [3.8, 4) is 0 Å². The fraction of sp³-hybridized carbons (Fsp3) is 0.826. The molecule has 2 aliphatic rings. The van der Waals surface area contributed by atoms with Crippen molar-refractivity contribution in [2.45, 2.75) is 101 Å². The highest BCUT2D eigenvalue weighted by molar-refractivity contribution is 4.91. The van der Waals surface area contributed by atoms with Crippen molar-refractivity contribution in [3.63, 3.8) is 0 Å². The summed E-state index contributed by atoms with van der Waals surface area (Å²) in [6.45, 7) is 25.9. The first-order chi connectivity index (χ1) is 12.1. The van der Waals surface area contributed by atoms with Gasteiger partial charge in [0.05, 0.1) is 0 Å². The minimum atomic E-state index is 0.718. The van der Waals surface area contributed by atoms with Crippen molar-refractivity contribution >= 4 is 0 Å². The van der Waals surface area contributed by atoms with Crippen LogP contribution in [0.3, 0.4) is 0 Å². The van der Waals surface area contributed by atoms with Crippen LogP contribution in [0.2, 0.25) is 0 Å². The molecule has 0 aliphatic carbocycles. The highest BCUT2D eigenvalue weighted by atomic mass is 15.1. The SMILES string of the molecule is CC.CC.CC.CC(C)N1CC=CCC1.CC(C)N1CCC=CCC1. The maximum absolute atomic E-state index is 2.53. The molecule has 0 N–H and O–H groups in total. The van der Waals surface area contributed by atoms with Crippen LogP contribution in [0.15, 0.2) is 24.3 Å². The smallest absolute Gasteiger partial charge is 0.0166 e. The molecule has 0 aromatic carbocycles. The molecule has 0 atom stereocenters. The molecule has 0 radical (unpaired) electrons. The van der Waals surface area contributed by atoms with E-state index in [2.05, 4.69) is 61.8 Å². The minimum absolute atomic E-state index is 0.718. The Morgan fingerprint density at radius 2 is 0.840 bits per heavy atom. The molecule has 2 nitrogen and oxygen atoms in total. The second-order valence-electron chi connectivity index (χ2n) is 6.03. The van der Waals surface area contributed by atoms with Gasteiger partial charge in [0.15, 0.2) is 0 Å². The van der Waals surface area contributed by atoms with Crippen molar-refractivity contribution in [2.75, 3.05) is 26.2 Å². The molecule has 0 unspecified atom stereocenters. The lowest BCUT2D eigenvalue weighted by Crippen LogP contribution is -2.33. The molecule has 25 heavy (non-hydrogen) atoms. The van der Waals surface area contributed by atoms with Gasteiger partial charge in [-0.2, -0.15) is 0 Å². The topological polar surface area (TPSA) is 6.48 Å². The summed E-state index contributed by atoms with van der Waals surface area (Å²) in [5.41, 5.74) is 0. The molecule has 0 bridgehead atoms. The maximum Gasteiger partial charge on any atom is 0.0166 e. The lowest BCUT2D eigenvalue weighted by atomic mass is 10.2. The van der Waals surface area contributed by atoms with Crippen LogP contribution < -0.4 is 0 Å². The van der Waals surface area contributed by atoms with Crippen molar-refractivity contribution in [1.82, 2.24) is 9.80 Å². The van der Waals surface area contributed by atoms with E-state index in [-0.39, 0.29) is 0 Å². The molecule has 0 amide bonds. The lowest BCUT2D eigenvalue weighted by molar-refractivity contribution is 0.234. The van der Waals surface area contributed by atoms with Gasteiger partial charge in [-0.25, -0.2) is 0 Å². The molecular weight excluding hydrogens is 304 g/mol. The van der Waals surface area contributed by atoms with E-state index in [4.69, 9.17) is 0 Å². The van der Waals surface area contributed by atoms with Crippen LogP contribution >= 0.6 is 0 Å². The van der Waals surface area contributed by atoms with Crippen LogP contribution in [0.1, 0.15) is 88.5 Å². The molecule has 0 fully saturated rings. The first-order valence-electron chi connectivity index (χ1n) is 10.9. The Hall–Kier alpha value is -0.600. The summed E-state index contributed by atoms with van der Waals surface area (Å²) in [4.78, 5) is 5.00. The number of nitrogens with zero attached hydrogens (tertiary/aromatic N) is 2. The molecule has 0 aromatic heterocycles. The average Bonchev–Trinajstić information content (AvgIpc) is 2.97. The van der Waals surface area contributed by atoms with Gasteiger partial charge in [-0.3, -0.25) is 4.90 Å². The monoisotopic (exact) mass is 354 g/mol. The zero-order chi connectivity index (χ0) is 20.1. The summed E-state index contributed by atoms with van der Waals surface area (Å²) in [5, 5.41) is 0. The van der Waals surface area contributed by atoms with Crippen LogP contribution in [-0.4, -0.2) is 48.1 Å². The summed E-state index contributed by atoms with van der Waals surface area (Å²) in [6, 6.07) is 1.44. The molecule has 0 saturated carbocycles. The Labute approximate surface area is 161 Å². The highest BCUT2D eigenvalue weighted by Gasteiger charge is 2.08. The Morgan fingerprint density at radius 1 is 0.520 bits per heavy atom. The van der Waals surface area contributed by atoms with Crippen LogP contribution in [0.5, 0.6) is 0 Å². The predicted molar refractivity (Wildman–Crippen MR) is 120 cm³/mol. The van der Waals surface area contributed by atoms with Gasteiger partial charge in [0.1, 0.15) is 0 Å². The molecule has 2 aliphatic heterocycles. The van der Waals surface area contributed by atoms with Gasteiger partial charge in [-0.15, -0.1) is 0 Å². The van der Waals surface area contributed by atoms with Crippen molar-refractivity contribution in [3.05, 3.63) is 24.3 Å². The quantitative estimate of drug-likeness (QED) is 0.504. The fourth-order valence-electron chi connectivity index (χ4n) is 2.47. The summed E-state index contributed by atoms with van der Waals surface area (Å²) >= 11 is 0. The summed E-state index contributed by atoms with van der Waals surface area (Å²) in [7, 11) is 0. The van der Waals surface area contributed by atoms with Gasteiger partial charge in [-0.1, -0.05) is 65.8 Å². The molecule has 2 heteroatoms. The van der Waals surface area contributed by atoms with Crippen molar-refractivity contribution in [1.29, 1.82) is 0 Å². The lowest BCUT2D eigenvalue weighted by Gasteiger charge is -2.26. The summed E-state index contributed by atoms with van der Waals surface area (Å²) < 4.78 is 0. The normalized spacial score (nSPS) is 17.0. The largest absolute Gasteiger partial charge is 0.300 e. The van der Waals surface area contributed by atoms with E-state index >= 15 is 0 Å². The Morgan fingerprint density at radius 3 is 1.12 bits per heavy atom. The van der Waals surface area contributed by atoms with E-state index < -0.39 is 0 Å². The zero-order valence-corrected chi connectivity index (χ0v) is 19.3. The first kappa shape index (κ1) is 29.2. The van der Waals surface area contributed by atoms with Gasteiger partial charge < -0.3 is 4.90 Å². The van der Waals surface area contributed by atoms with E-state index in [1.54, 1.807) is 0 Å². The molecule has 2 rings (SSSR count). The summed E-state index contributed by atoms with van der Waals surface area (Å²) in [6.07, 6.45) is 12.8. The molecule has 2 heterocycles. The summed E-state index contributed by atoms with van der Waals surface area (Å²) in [5.74, 6) is 0. The number of hydrogen-bond acceptors (Lipinski definition) is 2. The third-order valence-electron chi connectivity index (χ3n) is 3.88. The van der Waals surface area contributed by atoms with Crippen LogP contribution in [-0.2, 0) is 0 Å². The van der Waals surface area contributed by atoms with Crippen LogP contribution in [0.25, 0.3) is 0 Å². The Bertz CT molecular complexity index is 270. The fourth-order valence-corrected chi connectivity index (χ4v) is 2.47. The molecule has 152 valence electrons. The van der Waals surface area contributed by atoms with E-state index in [0.29, 0.717) is 0 Å². The van der Waals surface area contributed by atoms with Gasteiger partial charge in [0, 0.05) is 38.3 Å². The van der Waals surface area contributed by atoms with Crippen LogP contribution in [0.4, 0.5) is 0 Å².